The Kier molecular flexibility index (Phi) is 5.45. The fourth-order valence-corrected chi connectivity index (χ4v) is 4.69. The van der Waals surface area contributed by atoms with E-state index in [4.69, 9.17) is 5.73 Å². The number of rotatable bonds is 5. The second-order valence-electron chi connectivity index (χ2n) is 8.00. The molecule has 3 N–H and O–H groups in total. The number of hydrogen-bond acceptors (Lipinski definition) is 4. The molecule has 0 bridgehead atoms. The van der Waals surface area contributed by atoms with Crippen molar-refractivity contribution in [3.05, 3.63) is 35.7 Å². The van der Waals surface area contributed by atoms with Crippen LogP contribution in [0.4, 0.5) is 0 Å². The highest BCUT2D eigenvalue weighted by molar-refractivity contribution is 5.95. The molecule has 2 aromatic rings. The van der Waals surface area contributed by atoms with Gasteiger partial charge in [0.2, 0.25) is 5.91 Å². The predicted octanol–water partition coefficient (Wildman–Crippen LogP) is 2.16. The van der Waals surface area contributed by atoms with E-state index < -0.39 is 5.91 Å². The molecule has 0 aromatic carbocycles. The molecular weight excluding hydrogens is 356 g/mol. The summed E-state index contributed by atoms with van der Waals surface area (Å²) in [5, 5.41) is 7.29. The monoisotopic (exact) mass is 384 g/mol. The third-order valence-corrected chi connectivity index (χ3v) is 6.06. The van der Waals surface area contributed by atoms with Crippen molar-refractivity contribution in [3.8, 4) is 0 Å². The lowest BCUT2D eigenvalue weighted by atomic mass is 9.85. The summed E-state index contributed by atoms with van der Waals surface area (Å²) in [4.78, 5) is 30.9. The minimum absolute atomic E-state index is 0.0482. The molecule has 1 saturated carbocycles. The van der Waals surface area contributed by atoms with E-state index in [2.05, 4.69) is 15.2 Å². The van der Waals surface area contributed by atoms with Crippen molar-refractivity contribution in [1.29, 1.82) is 0 Å². The molecule has 28 heavy (non-hydrogen) atoms. The summed E-state index contributed by atoms with van der Waals surface area (Å²) < 4.78 is 1.80. The van der Waals surface area contributed by atoms with Gasteiger partial charge in [-0.1, -0.05) is 19.3 Å². The van der Waals surface area contributed by atoms with Crippen LogP contribution in [0.1, 0.15) is 78.7 Å². The van der Waals surface area contributed by atoms with E-state index >= 15 is 0 Å². The first kappa shape index (κ1) is 18.7. The molecular formula is C20H28N6O2. The standard InChI is InChI=1S/C20H28N6O2/c21-17(27)13-25-10-8-22-19(25)15-7-4-9-26(12-15)20(28)16-11-23-24-18(16)14-5-2-1-3-6-14/h8,10-11,14-15H,1-7,9,12-13H2,(H2,21,27)(H,23,24)/t15-/m0/s1. The third kappa shape index (κ3) is 3.81. The van der Waals surface area contributed by atoms with Crippen LogP contribution in [-0.2, 0) is 11.3 Å². The molecule has 1 aliphatic heterocycles. The highest BCUT2D eigenvalue weighted by atomic mass is 16.2. The maximum Gasteiger partial charge on any atom is 0.257 e. The zero-order valence-electron chi connectivity index (χ0n) is 16.1. The number of carbonyl (C=O) groups is 2. The molecule has 2 aliphatic rings. The Bertz CT molecular complexity index is 835. The lowest BCUT2D eigenvalue weighted by Gasteiger charge is -2.33. The Morgan fingerprint density at radius 3 is 2.71 bits per heavy atom. The van der Waals surface area contributed by atoms with Crippen LogP contribution >= 0.6 is 0 Å². The van der Waals surface area contributed by atoms with Crippen LogP contribution in [0.15, 0.2) is 18.6 Å². The lowest BCUT2D eigenvalue weighted by molar-refractivity contribution is -0.118. The lowest BCUT2D eigenvalue weighted by Crippen LogP contribution is -2.40. The predicted molar refractivity (Wildman–Crippen MR) is 104 cm³/mol. The molecule has 2 fully saturated rings. The molecule has 1 saturated heterocycles. The topological polar surface area (TPSA) is 110 Å². The van der Waals surface area contributed by atoms with Gasteiger partial charge in [-0.05, 0) is 25.7 Å². The van der Waals surface area contributed by atoms with E-state index in [0.717, 1.165) is 43.7 Å². The van der Waals surface area contributed by atoms with Crippen molar-refractivity contribution in [2.24, 2.45) is 5.73 Å². The van der Waals surface area contributed by atoms with E-state index in [9.17, 15) is 9.59 Å². The number of nitrogens with one attached hydrogen (secondary N) is 1. The second kappa shape index (κ2) is 8.16. The van der Waals surface area contributed by atoms with Gasteiger partial charge in [0.05, 0.1) is 17.5 Å². The molecule has 0 radical (unpaired) electrons. The SMILES string of the molecule is NC(=O)Cn1ccnc1[C@H]1CCCN(C(=O)c2cn[nH]c2C2CCCCC2)C1. The number of carbonyl (C=O) groups excluding carboxylic acids is 2. The van der Waals surface area contributed by atoms with Crippen molar-refractivity contribution in [3.63, 3.8) is 0 Å². The Labute approximate surface area is 164 Å². The van der Waals surface area contributed by atoms with Crippen LogP contribution in [0.2, 0.25) is 0 Å². The van der Waals surface area contributed by atoms with Gasteiger partial charge >= 0.3 is 0 Å². The quantitative estimate of drug-likeness (QED) is 0.823. The van der Waals surface area contributed by atoms with Crippen molar-refractivity contribution in [1.82, 2.24) is 24.6 Å². The van der Waals surface area contributed by atoms with E-state index in [0.29, 0.717) is 18.0 Å². The normalized spacial score (nSPS) is 21.0. The van der Waals surface area contributed by atoms with Crippen LogP contribution in [0, 0.1) is 0 Å². The first-order valence-corrected chi connectivity index (χ1v) is 10.3. The van der Waals surface area contributed by atoms with Crippen LogP contribution in [-0.4, -0.2) is 49.6 Å². The van der Waals surface area contributed by atoms with E-state index in [1.54, 1.807) is 23.2 Å². The van der Waals surface area contributed by atoms with E-state index in [1.165, 1.54) is 19.3 Å². The molecule has 8 heteroatoms. The maximum atomic E-state index is 13.3. The van der Waals surface area contributed by atoms with Crippen molar-refractivity contribution in [2.75, 3.05) is 13.1 Å². The first-order chi connectivity index (χ1) is 13.6. The van der Waals surface area contributed by atoms with Gasteiger partial charge in [-0.3, -0.25) is 14.7 Å². The van der Waals surface area contributed by atoms with Gasteiger partial charge < -0.3 is 15.2 Å². The Balaban J connectivity index is 1.50. The molecule has 8 nitrogen and oxygen atoms in total. The fraction of sp³-hybridized carbons (Fsp3) is 0.600. The largest absolute Gasteiger partial charge is 0.368 e. The number of nitrogens with zero attached hydrogens (tertiary/aromatic N) is 4. The summed E-state index contributed by atoms with van der Waals surface area (Å²) in [7, 11) is 0. The summed E-state index contributed by atoms with van der Waals surface area (Å²) in [6, 6.07) is 0. The Morgan fingerprint density at radius 1 is 1.14 bits per heavy atom. The second-order valence-corrected chi connectivity index (χ2v) is 8.00. The van der Waals surface area contributed by atoms with E-state index in [-0.39, 0.29) is 18.4 Å². The molecule has 0 unspecified atom stereocenters. The van der Waals surface area contributed by atoms with Gasteiger partial charge in [-0.25, -0.2) is 4.98 Å². The molecule has 1 aliphatic carbocycles. The maximum absolute atomic E-state index is 13.3. The molecule has 2 aromatic heterocycles. The van der Waals surface area contributed by atoms with Gasteiger partial charge in [0, 0.05) is 37.3 Å². The highest BCUT2D eigenvalue weighted by Crippen LogP contribution is 2.34. The number of nitrogens with two attached hydrogens (primary N) is 1. The molecule has 0 spiro atoms. The third-order valence-electron chi connectivity index (χ3n) is 6.06. The van der Waals surface area contributed by atoms with Crippen LogP contribution in [0.3, 0.4) is 0 Å². The average molecular weight is 384 g/mol. The number of hydrogen-bond donors (Lipinski definition) is 2. The molecule has 2 amide bonds. The number of likely N-dealkylation sites (tertiary alicyclic amines) is 1. The van der Waals surface area contributed by atoms with Crippen molar-refractivity contribution in [2.45, 2.75) is 63.3 Å². The summed E-state index contributed by atoms with van der Waals surface area (Å²) in [6.07, 6.45) is 13.0. The fourth-order valence-electron chi connectivity index (χ4n) is 4.69. The number of amides is 2. The van der Waals surface area contributed by atoms with Crippen molar-refractivity contribution < 1.29 is 9.59 Å². The molecule has 150 valence electrons. The first-order valence-electron chi connectivity index (χ1n) is 10.3. The Morgan fingerprint density at radius 2 is 1.93 bits per heavy atom. The Hall–Kier alpha value is -2.64. The van der Waals surface area contributed by atoms with Crippen LogP contribution in [0.5, 0.6) is 0 Å². The summed E-state index contributed by atoms with van der Waals surface area (Å²) in [5.74, 6) is 1.00. The van der Waals surface area contributed by atoms with Crippen LogP contribution < -0.4 is 5.73 Å². The van der Waals surface area contributed by atoms with Gasteiger partial charge in [0.1, 0.15) is 12.4 Å². The van der Waals surface area contributed by atoms with Crippen molar-refractivity contribution >= 4 is 11.8 Å². The van der Waals surface area contributed by atoms with Crippen LogP contribution in [0.25, 0.3) is 0 Å². The minimum Gasteiger partial charge on any atom is -0.368 e. The van der Waals surface area contributed by atoms with Gasteiger partial charge in [-0.15, -0.1) is 0 Å². The van der Waals surface area contributed by atoms with Gasteiger partial charge in [0.25, 0.3) is 5.91 Å². The summed E-state index contributed by atoms with van der Waals surface area (Å²) >= 11 is 0. The summed E-state index contributed by atoms with van der Waals surface area (Å²) in [5.41, 5.74) is 7.06. The zero-order valence-corrected chi connectivity index (χ0v) is 16.1. The molecule has 1 atom stereocenters. The number of imidazole rings is 1. The number of piperidine rings is 1. The van der Waals surface area contributed by atoms with Gasteiger partial charge in [0.15, 0.2) is 0 Å². The highest BCUT2D eigenvalue weighted by Gasteiger charge is 2.31. The molecule has 3 heterocycles. The van der Waals surface area contributed by atoms with E-state index in [1.807, 2.05) is 4.90 Å². The number of aromatic nitrogens is 4. The average Bonchev–Trinajstić information content (AvgIpc) is 3.37. The zero-order chi connectivity index (χ0) is 19.5. The number of H-pyrrole nitrogens is 1. The number of primary amides is 1. The summed E-state index contributed by atoms with van der Waals surface area (Å²) in [6.45, 7) is 1.46. The minimum atomic E-state index is -0.390. The molecule has 4 rings (SSSR count). The number of aromatic amines is 1. The smallest absolute Gasteiger partial charge is 0.257 e. The van der Waals surface area contributed by atoms with Gasteiger partial charge in [-0.2, -0.15) is 5.10 Å².